The highest BCUT2D eigenvalue weighted by molar-refractivity contribution is 5.72. The van der Waals surface area contributed by atoms with E-state index in [1.807, 2.05) is 49.4 Å². The molecule has 146 valence electrons. The molecule has 1 fully saturated rings. The van der Waals surface area contributed by atoms with Crippen LogP contribution in [0.2, 0.25) is 0 Å². The van der Waals surface area contributed by atoms with Gasteiger partial charge in [0.2, 0.25) is 0 Å². The monoisotopic (exact) mass is 382 g/mol. The third-order valence-electron chi connectivity index (χ3n) is 4.92. The lowest BCUT2D eigenvalue weighted by Crippen LogP contribution is -1.92. The number of hydrogen-bond donors (Lipinski definition) is 0. The van der Waals surface area contributed by atoms with Crippen LogP contribution in [0.15, 0.2) is 91.0 Å². The molecule has 2 heteroatoms. The molecule has 29 heavy (non-hydrogen) atoms. The number of hydrogen-bond acceptors (Lipinski definition) is 2. The average molecular weight is 383 g/mol. The van der Waals surface area contributed by atoms with Crippen molar-refractivity contribution in [2.24, 2.45) is 5.92 Å². The summed E-state index contributed by atoms with van der Waals surface area (Å²) in [5, 5.41) is 0. The van der Waals surface area contributed by atoms with Crippen molar-refractivity contribution in [1.82, 2.24) is 0 Å². The minimum absolute atomic E-state index is 0.672. The van der Waals surface area contributed by atoms with Crippen LogP contribution < -0.4 is 9.47 Å². The second-order valence-corrected chi connectivity index (χ2v) is 7.20. The zero-order chi connectivity index (χ0) is 19.9. The lowest BCUT2D eigenvalue weighted by Gasteiger charge is -2.08. The van der Waals surface area contributed by atoms with Gasteiger partial charge in [-0.25, -0.2) is 0 Å². The van der Waals surface area contributed by atoms with Gasteiger partial charge in [-0.15, -0.1) is 0 Å². The van der Waals surface area contributed by atoms with Crippen molar-refractivity contribution >= 4 is 11.6 Å². The Balaban J connectivity index is 1.48. The number of ether oxygens (including phenoxy) is 2. The molecule has 3 aromatic carbocycles. The van der Waals surface area contributed by atoms with Gasteiger partial charge in [0, 0.05) is 0 Å². The summed E-state index contributed by atoms with van der Waals surface area (Å²) in [6.45, 7) is 2.70. The second kappa shape index (κ2) is 9.29. The summed E-state index contributed by atoms with van der Waals surface area (Å²) in [5.41, 5.74) is 3.80. The SMILES string of the molecule is CCOc1ccc(C(=CC=Cc2cccc(Oc3ccccc3)c2)C2CC2)cc1. The van der Waals surface area contributed by atoms with Gasteiger partial charge in [0.25, 0.3) is 0 Å². The predicted molar refractivity (Wildman–Crippen MR) is 120 cm³/mol. The highest BCUT2D eigenvalue weighted by atomic mass is 16.5. The molecule has 0 heterocycles. The smallest absolute Gasteiger partial charge is 0.128 e. The Morgan fingerprint density at radius 3 is 2.34 bits per heavy atom. The quantitative estimate of drug-likeness (QED) is 0.378. The van der Waals surface area contributed by atoms with E-state index in [2.05, 4.69) is 54.6 Å². The molecule has 0 aliphatic heterocycles. The summed E-state index contributed by atoms with van der Waals surface area (Å²) in [7, 11) is 0. The summed E-state index contributed by atoms with van der Waals surface area (Å²) in [6, 6.07) is 26.5. The van der Waals surface area contributed by atoms with Crippen molar-refractivity contribution in [2.75, 3.05) is 6.61 Å². The molecule has 0 N–H and O–H groups in total. The number of rotatable bonds is 8. The fourth-order valence-corrected chi connectivity index (χ4v) is 3.34. The third-order valence-corrected chi connectivity index (χ3v) is 4.92. The third kappa shape index (κ3) is 5.39. The highest BCUT2D eigenvalue weighted by Gasteiger charge is 2.26. The molecular weight excluding hydrogens is 356 g/mol. The standard InChI is InChI=1S/C27H26O2/c1-2-28-24-18-16-23(17-19-24)27(22-14-15-22)13-7-9-21-8-6-12-26(20-21)29-25-10-4-3-5-11-25/h3-13,16-20,22H,2,14-15H2,1H3. The van der Waals surface area contributed by atoms with Gasteiger partial charge >= 0.3 is 0 Å². The van der Waals surface area contributed by atoms with E-state index in [-0.39, 0.29) is 0 Å². The Hall–Kier alpha value is -3.26. The van der Waals surface area contributed by atoms with Gasteiger partial charge in [0.05, 0.1) is 6.61 Å². The van der Waals surface area contributed by atoms with Crippen molar-refractivity contribution in [3.8, 4) is 17.2 Å². The van der Waals surface area contributed by atoms with E-state index < -0.39 is 0 Å². The molecule has 0 amide bonds. The topological polar surface area (TPSA) is 18.5 Å². The van der Waals surface area contributed by atoms with Crippen molar-refractivity contribution in [3.05, 3.63) is 102 Å². The number of benzene rings is 3. The van der Waals surface area contributed by atoms with Crippen LogP contribution in [0.3, 0.4) is 0 Å². The summed E-state index contributed by atoms with van der Waals surface area (Å²) in [4.78, 5) is 0. The van der Waals surface area contributed by atoms with Gasteiger partial charge in [-0.3, -0.25) is 0 Å². The summed E-state index contributed by atoms with van der Waals surface area (Å²) < 4.78 is 11.5. The Morgan fingerprint density at radius 1 is 0.862 bits per heavy atom. The van der Waals surface area contributed by atoms with Crippen LogP contribution >= 0.6 is 0 Å². The van der Waals surface area contributed by atoms with E-state index in [1.165, 1.54) is 24.0 Å². The molecule has 1 aliphatic carbocycles. The lowest BCUT2D eigenvalue weighted by atomic mass is 10.0. The van der Waals surface area contributed by atoms with Crippen LogP contribution in [0.25, 0.3) is 11.6 Å². The molecule has 0 saturated heterocycles. The van der Waals surface area contributed by atoms with E-state index in [0.717, 1.165) is 22.8 Å². The minimum Gasteiger partial charge on any atom is -0.494 e. The Morgan fingerprint density at radius 2 is 1.62 bits per heavy atom. The molecule has 1 saturated carbocycles. The first-order chi connectivity index (χ1) is 14.3. The van der Waals surface area contributed by atoms with Crippen LogP contribution in [0, 0.1) is 5.92 Å². The van der Waals surface area contributed by atoms with Gasteiger partial charge in [0.15, 0.2) is 0 Å². The van der Waals surface area contributed by atoms with E-state index >= 15 is 0 Å². The average Bonchev–Trinajstić information content (AvgIpc) is 3.59. The van der Waals surface area contributed by atoms with Crippen LogP contribution in [0.4, 0.5) is 0 Å². The molecule has 0 aromatic heterocycles. The summed E-state index contributed by atoms with van der Waals surface area (Å²) >= 11 is 0. The predicted octanol–water partition coefficient (Wildman–Crippen LogP) is 7.38. The van der Waals surface area contributed by atoms with Crippen LogP contribution in [-0.2, 0) is 0 Å². The molecule has 1 aliphatic rings. The first-order valence-electron chi connectivity index (χ1n) is 10.3. The first-order valence-corrected chi connectivity index (χ1v) is 10.3. The largest absolute Gasteiger partial charge is 0.494 e. The maximum atomic E-state index is 5.93. The van der Waals surface area contributed by atoms with E-state index in [9.17, 15) is 0 Å². The maximum absolute atomic E-state index is 5.93. The molecule has 0 bridgehead atoms. The molecule has 0 atom stereocenters. The lowest BCUT2D eigenvalue weighted by molar-refractivity contribution is 0.340. The van der Waals surface area contributed by atoms with Gasteiger partial charge in [-0.2, -0.15) is 0 Å². The molecule has 0 radical (unpaired) electrons. The van der Waals surface area contributed by atoms with E-state index in [0.29, 0.717) is 12.5 Å². The van der Waals surface area contributed by atoms with Crippen molar-refractivity contribution < 1.29 is 9.47 Å². The summed E-state index contributed by atoms with van der Waals surface area (Å²) in [6.07, 6.45) is 9.07. The molecule has 0 unspecified atom stereocenters. The molecule has 2 nitrogen and oxygen atoms in total. The maximum Gasteiger partial charge on any atom is 0.128 e. The van der Waals surface area contributed by atoms with Crippen molar-refractivity contribution in [2.45, 2.75) is 19.8 Å². The minimum atomic E-state index is 0.672. The van der Waals surface area contributed by atoms with Gasteiger partial charge in [-0.05, 0) is 78.8 Å². The number of allylic oxidation sites excluding steroid dienone is 3. The number of para-hydroxylation sites is 1. The van der Waals surface area contributed by atoms with E-state index in [1.54, 1.807) is 0 Å². The fraction of sp³-hybridized carbons (Fsp3) is 0.185. The van der Waals surface area contributed by atoms with Crippen LogP contribution in [0.1, 0.15) is 30.9 Å². The molecule has 3 aromatic rings. The highest BCUT2D eigenvalue weighted by Crippen LogP contribution is 2.42. The zero-order valence-electron chi connectivity index (χ0n) is 16.8. The van der Waals surface area contributed by atoms with Crippen LogP contribution in [-0.4, -0.2) is 6.61 Å². The zero-order valence-corrected chi connectivity index (χ0v) is 16.8. The van der Waals surface area contributed by atoms with Crippen molar-refractivity contribution in [3.63, 3.8) is 0 Å². The first kappa shape index (κ1) is 19.1. The van der Waals surface area contributed by atoms with Gasteiger partial charge in [0.1, 0.15) is 17.2 Å². The molecule has 0 spiro atoms. The van der Waals surface area contributed by atoms with Gasteiger partial charge in [-0.1, -0.05) is 60.7 Å². The fourth-order valence-electron chi connectivity index (χ4n) is 3.34. The van der Waals surface area contributed by atoms with E-state index in [4.69, 9.17) is 9.47 Å². The Kier molecular flexibility index (Phi) is 6.11. The van der Waals surface area contributed by atoms with Crippen molar-refractivity contribution in [1.29, 1.82) is 0 Å². The van der Waals surface area contributed by atoms with Gasteiger partial charge < -0.3 is 9.47 Å². The Labute approximate surface area is 173 Å². The molecular formula is C27H26O2. The normalized spacial score (nSPS) is 14.2. The molecule has 4 rings (SSSR count). The summed E-state index contributed by atoms with van der Waals surface area (Å²) in [5.74, 6) is 3.29. The Bertz CT molecular complexity index is 981. The second-order valence-electron chi connectivity index (χ2n) is 7.20. The van der Waals surface area contributed by atoms with Crippen LogP contribution in [0.5, 0.6) is 17.2 Å².